The van der Waals surface area contributed by atoms with Crippen LogP contribution in [0.1, 0.15) is 0 Å². The van der Waals surface area contributed by atoms with E-state index in [-0.39, 0.29) is 0 Å². The van der Waals surface area contributed by atoms with Gasteiger partial charge < -0.3 is 4.42 Å². The number of benzene rings is 1. The van der Waals surface area contributed by atoms with Crippen LogP contribution in [0.5, 0.6) is 0 Å². The van der Waals surface area contributed by atoms with Gasteiger partial charge in [0.05, 0.1) is 6.26 Å². The van der Waals surface area contributed by atoms with Crippen LogP contribution in [0.4, 0.5) is 0 Å². The van der Waals surface area contributed by atoms with Crippen molar-refractivity contribution >= 4 is 22.3 Å². The second kappa shape index (κ2) is 3.00. The third-order valence-corrected chi connectivity index (χ3v) is 2.99. The second-order valence-electron chi connectivity index (χ2n) is 3.19. The van der Waals surface area contributed by atoms with E-state index < -0.39 is 0 Å². The first-order valence-corrected chi connectivity index (χ1v) is 5.37. The van der Waals surface area contributed by atoms with Gasteiger partial charge in [0.1, 0.15) is 5.58 Å². The van der Waals surface area contributed by atoms with Crippen molar-refractivity contribution < 1.29 is 4.42 Å². The van der Waals surface area contributed by atoms with Gasteiger partial charge in [-0.05, 0) is 40.1 Å². The van der Waals surface area contributed by atoms with Gasteiger partial charge in [0.25, 0.3) is 0 Å². The zero-order chi connectivity index (χ0) is 9.38. The highest BCUT2D eigenvalue weighted by Gasteiger charge is 2.01. The van der Waals surface area contributed by atoms with E-state index in [0.717, 1.165) is 11.0 Å². The minimum absolute atomic E-state index is 0.953. The fourth-order valence-electron chi connectivity index (χ4n) is 1.56. The van der Waals surface area contributed by atoms with E-state index in [9.17, 15) is 0 Å². The van der Waals surface area contributed by atoms with Gasteiger partial charge in [-0.2, -0.15) is 11.3 Å². The Morgan fingerprint density at radius 1 is 1.00 bits per heavy atom. The lowest BCUT2D eigenvalue weighted by atomic mass is 10.1. The molecule has 14 heavy (non-hydrogen) atoms. The van der Waals surface area contributed by atoms with E-state index in [4.69, 9.17) is 4.42 Å². The van der Waals surface area contributed by atoms with Gasteiger partial charge in [-0.1, -0.05) is 12.1 Å². The van der Waals surface area contributed by atoms with Crippen LogP contribution in [-0.4, -0.2) is 0 Å². The van der Waals surface area contributed by atoms with E-state index in [1.54, 1.807) is 17.6 Å². The molecule has 0 aliphatic heterocycles. The molecule has 0 aliphatic rings. The quantitative estimate of drug-likeness (QED) is 0.574. The normalized spacial score (nSPS) is 10.9. The van der Waals surface area contributed by atoms with Crippen LogP contribution < -0.4 is 0 Å². The molecule has 2 heterocycles. The second-order valence-corrected chi connectivity index (χ2v) is 3.97. The third kappa shape index (κ3) is 1.16. The summed E-state index contributed by atoms with van der Waals surface area (Å²) in [6.45, 7) is 0. The van der Waals surface area contributed by atoms with Gasteiger partial charge in [0, 0.05) is 5.39 Å². The zero-order valence-corrected chi connectivity index (χ0v) is 8.25. The molecule has 1 aromatic carbocycles. The summed E-state index contributed by atoms with van der Waals surface area (Å²) in [6, 6.07) is 10.4. The predicted molar refractivity (Wildman–Crippen MR) is 59.5 cm³/mol. The number of hydrogen-bond acceptors (Lipinski definition) is 2. The monoisotopic (exact) mass is 200 g/mol. The standard InChI is InChI=1S/C12H8OS/c1-2-10(11-4-6-14-8-11)7-12-9(1)3-5-13-12/h1-8H. The van der Waals surface area contributed by atoms with Crippen molar-refractivity contribution in [1.29, 1.82) is 0 Å². The highest BCUT2D eigenvalue weighted by molar-refractivity contribution is 7.08. The topological polar surface area (TPSA) is 13.1 Å². The summed E-state index contributed by atoms with van der Waals surface area (Å²) in [4.78, 5) is 0. The molecule has 0 bridgehead atoms. The van der Waals surface area contributed by atoms with Crippen LogP contribution in [-0.2, 0) is 0 Å². The molecule has 3 rings (SSSR count). The highest BCUT2D eigenvalue weighted by Crippen LogP contribution is 2.26. The molecule has 0 atom stereocenters. The number of fused-ring (bicyclic) bond motifs is 1. The fraction of sp³-hybridized carbons (Fsp3) is 0. The van der Waals surface area contributed by atoms with Crippen molar-refractivity contribution in [2.75, 3.05) is 0 Å². The maximum absolute atomic E-state index is 5.36. The first-order chi connectivity index (χ1) is 6.93. The van der Waals surface area contributed by atoms with Crippen LogP contribution in [0.2, 0.25) is 0 Å². The molecule has 0 amide bonds. The Morgan fingerprint density at radius 2 is 2.00 bits per heavy atom. The molecule has 68 valence electrons. The Morgan fingerprint density at radius 3 is 2.86 bits per heavy atom. The summed E-state index contributed by atoms with van der Waals surface area (Å²) in [5.74, 6) is 0. The lowest BCUT2D eigenvalue weighted by Crippen LogP contribution is -1.71. The largest absolute Gasteiger partial charge is 0.464 e. The minimum Gasteiger partial charge on any atom is -0.464 e. The maximum Gasteiger partial charge on any atom is 0.134 e. The van der Waals surface area contributed by atoms with E-state index in [1.165, 1.54) is 11.1 Å². The summed E-state index contributed by atoms with van der Waals surface area (Å²) in [6.07, 6.45) is 1.72. The Balaban J connectivity index is 2.23. The third-order valence-electron chi connectivity index (χ3n) is 2.31. The maximum atomic E-state index is 5.36. The van der Waals surface area contributed by atoms with Crippen LogP contribution in [0, 0.1) is 0 Å². The molecule has 0 spiro atoms. The summed E-state index contributed by atoms with van der Waals surface area (Å²) in [7, 11) is 0. The number of furan rings is 1. The van der Waals surface area contributed by atoms with Crippen molar-refractivity contribution in [1.82, 2.24) is 0 Å². The van der Waals surface area contributed by atoms with Crippen molar-refractivity contribution in [2.24, 2.45) is 0 Å². The lowest BCUT2D eigenvalue weighted by molar-refractivity contribution is 0.616. The first-order valence-electron chi connectivity index (χ1n) is 4.43. The van der Waals surface area contributed by atoms with E-state index >= 15 is 0 Å². The van der Waals surface area contributed by atoms with Crippen molar-refractivity contribution in [3.05, 3.63) is 47.4 Å². The van der Waals surface area contributed by atoms with Gasteiger partial charge in [0.2, 0.25) is 0 Å². The van der Waals surface area contributed by atoms with Gasteiger partial charge in [-0.3, -0.25) is 0 Å². The number of thiophene rings is 1. The van der Waals surface area contributed by atoms with Gasteiger partial charge in [-0.15, -0.1) is 0 Å². The average Bonchev–Trinajstić information content (AvgIpc) is 2.88. The van der Waals surface area contributed by atoms with E-state index in [0.29, 0.717) is 0 Å². The smallest absolute Gasteiger partial charge is 0.134 e. The lowest BCUT2D eigenvalue weighted by Gasteiger charge is -1.96. The summed E-state index contributed by atoms with van der Waals surface area (Å²) >= 11 is 1.71. The van der Waals surface area contributed by atoms with Gasteiger partial charge >= 0.3 is 0 Å². The average molecular weight is 200 g/mol. The number of hydrogen-bond donors (Lipinski definition) is 0. The fourth-order valence-corrected chi connectivity index (χ4v) is 2.23. The van der Waals surface area contributed by atoms with Crippen LogP contribution in [0.15, 0.2) is 51.8 Å². The van der Waals surface area contributed by atoms with Gasteiger partial charge in [0.15, 0.2) is 0 Å². The Kier molecular flexibility index (Phi) is 1.67. The SMILES string of the molecule is c1cc2ccc(-c3ccsc3)cc2o1. The van der Waals surface area contributed by atoms with Crippen LogP contribution in [0.25, 0.3) is 22.1 Å². The van der Waals surface area contributed by atoms with Crippen molar-refractivity contribution in [2.45, 2.75) is 0 Å². The van der Waals surface area contributed by atoms with E-state index in [2.05, 4.69) is 35.0 Å². The predicted octanol–water partition coefficient (Wildman–Crippen LogP) is 4.16. The minimum atomic E-state index is 0.953. The van der Waals surface area contributed by atoms with Crippen molar-refractivity contribution in [3.63, 3.8) is 0 Å². The molecule has 3 aromatic rings. The molecule has 2 aromatic heterocycles. The highest BCUT2D eigenvalue weighted by atomic mass is 32.1. The molecule has 0 unspecified atom stereocenters. The molecule has 0 saturated heterocycles. The molecule has 0 saturated carbocycles. The molecule has 2 heteroatoms. The van der Waals surface area contributed by atoms with Crippen LogP contribution >= 0.6 is 11.3 Å². The summed E-state index contributed by atoms with van der Waals surface area (Å²) < 4.78 is 5.36. The molecule has 0 N–H and O–H groups in total. The Hall–Kier alpha value is -1.54. The van der Waals surface area contributed by atoms with Gasteiger partial charge in [-0.25, -0.2) is 0 Å². The van der Waals surface area contributed by atoms with E-state index in [1.807, 2.05) is 6.07 Å². The first kappa shape index (κ1) is 7.83. The summed E-state index contributed by atoms with van der Waals surface area (Å²) in [5, 5.41) is 5.38. The zero-order valence-electron chi connectivity index (χ0n) is 7.44. The van der Waals surface area contributed by atoms with Crippen molar-refractivity contribution in [3.8, 4) is 11.1 Å². The molecule has 1 nitrogen and oxygen atoms in total. The molecular formula is C12H8OS. The molecule has 0 fully saturated rings. The molecular weight excluding hydrogens is 192 g/mol. The Labute approximate surface area is 85.6 Å². The summed E-state index contributed by atoms with van der Waals surface area (Å²) in [5.41, 5.74) is 3.43. The Bertz CT molecular complexity index is 548. The van der Waals surface area contributed by atoms with Crippen LogP contribution in [0.3, 0.4) is 0 Å². The molecule has 0 radical (unpaired) electrons. The molecule has 0 aliphatic carbocycles. The number of rotatable bonds is 1.